The minimum Gasteiger partial charge on any atom is -0.466 e. The first-order valence-corrected chi connectivity index (χ1v) is 8.95. The van der Waals surface area contributed by atoms with Crippen molar-refractivity contribution in [2.24, 2.45) is 5.92 Å². The van der Waals surface area contributed by atoms with Crippen molar-refractivity contribution in [3.8, 4) is 0 Å². The number of amides is 1. The molecule has 1 aromatic heterocycles. The average molecular weight is 353 g/mol. The number of furan rings is 1. The number of nitrogens with zero attached hydrogens (tertiary/aromatic N) is 1. The largest absolute Gasteiger partial charge is 0.466 e. The highest BCUT2D eigenvalue weighted by molar-refractivity contribution is 6.24. The van der Waals surface area contributed by atoms with Crippen LogP contribution in [-0.4, -0.2) is 36.5 Å². The Bertz CT molecular complexity index is 757. The Hall–Kier alpha value is -2.82. The van der Waals surface area contributed by atoms with Crippen LogP contribution < -0.4 is 0 Å². The molecule has 1 aromatic carbocycles. The van der Waals surface area contributed by atoms with Crippen LogP contribution in [0.4, 0.5) is 0 Å². The Morgan fingerprint density at radius 3 is 2.50 bits per heavy atom. The van der Waals surface area contributed by atoms with E-state index in [4.69, 9.17) is 9.15 Å². The summed E-state index contributed by atoms with van der Waals surface area (Å²) in [5, 5.41) is 0. The van der Waals surface area contributed by atoms with E-state index in [9.17, 15) is 9.59 Å². The molecular formula is C21H23NO4. The van der Waals surface area contributed by atoms with Crippen LogP contribution in [-0.2, 0) is 14.3 Å². The predicted molar refractivity (Wildman–Crippen MR) is 99.0 cm³/mol. The number of hydrogen-bond acceptors (Lipinski definition) is 4. The quantitative estimate of drug-likeness (QED) is 0.608. The molecule has 0 spiro atoms. The topological polar surface area (TPSA) is 59.8 Å². The van der Waals surface area contributed by atoms with Gasteiger partial charge in [-0.05, 0) is 43.5 Å². The molecule has 0 saturated carbocycles. The minimum atomic E-state index is -0.158. The van der Waals surface area contributed by atoms with Crippen molar-refractivity contribution in [1.29, 1.82) is 0 Å². The number of hydrogen-bond donors (Lipinski definition) is 0. The number of rotatable bonds is 5. The molecule has 5 heteroatoms. The van der Waals surface area contributed by atoms with E-state index in [0.717, 1.165) is 5.56 Å². The van der Waals surface area contributed by atoms with Crippen LogP contribution in [0.15, 0.2) is 53.1 Å². The first kappa shape index (κ1) is 18.0. The zero-order valence-electron chi connectivity index (χ0n) is 14.9. The second-order valence-electron chi connectivity index (χ2n) is 6.26. The van der Waals surface area contributed by atoms with E-state index in [1.165, 1.54) is 0 Å². The maximum atomic E-state index is 13.1. The highest BCUT2D eigenvalue weighted by atomic mass is 16.5. The van der Waals surface area contributed by atoms with Crippen molar-refractivity contribution in [2.45, 2.75) is 19.8 Å². The summed E-state index contributed by atoms with van der Waals surface area (Å²) in [5.74, 6) is 0.316. The van der Waals surface area contributed by atoms with Gasteiger partial charge in [0.25, 0.3) is 5.91 Å². The van der Waals surface area contributed by atoms with Gasteiger partial charge in [0.05, 0.1) is 24.4 Å². The molecule has 26 heavy (non-hydrogen) atoms. The van der Waals surface area contributed by atoms with Crippen LogP contribution in [0.3, 0.4) is 0 Å². The maximum Gasteiger partial charge on any atom is 0.309 e. The van der Waals surface area contributed by atoms with Crippen molar-refractivity contribution in [3.05, 3.63) is 60.1 Å². The van der Waals surface area contributed by atoms with Gasteiger partial charge in [0, 0.05) is 13.1 Å². The van der Waals surface area contributed by atoms with Gasteiger partial charge >= 0.3 is 5.97 Å². The lowest BCUT2D eigenvalue weighted by atomic mass is 9.95. The normalized spacial score (nSPS) is 15.7. The summed E-state index contributed by atoms with van der Waals surface area (Å²) in [4.78, 5) is 26.8. The Morgan fingerprint density at radius 2 is 1.88 bits per heavy atom. The van der Waals surface area contributed by atoms with Gasteiger partial charge in [-0.1, -0.05) is 30.3 Å². The molecule has 136 valence electrons. The zero-order chi connectivity index (χ0) is 18.4. The third-order valence-corrected chi connectivity index (χ3v) is 4.55. The molecule has 0 unspecified atom stereocenters. The first-order chi connectivity index (χ1) is 12.7. The van der Waals surface area contributed by atoms with Gasteiger partial charge in [0.1, 0.15) is 5.76 Å². The lowest BCUT2D eigenvalue weighted by molar-refractivity contribution is -0.150. The number of benzene rings is 1. The molecule has 2 heterocycles. The van der Waals surface area contributed by atoms with E-state index in [0.29, 0.717) is 43.9 Å². The van der Waals surface area contributed by atoms with Crippen molar-refractivity contribution >= 4 is 23.5 Å². The lowest BCUT2D eigenvalue weighted by Crippen LogP contribution is -2.41. The number of likely N-dealkylation sites (tertiary alicyclic amines) is 1. The summed E-state index contributed by atoms with van der Waals surface area (Å²) < 4.78 is 10.5. The van der Waals surface area contributed by atoms with Gasteiger partial charge in [0.15, 0.2) is 0 Å². The number of carbonyl (C=O) groups is 2. The van der Waals surface area contributed by atoms with E-state index in [2.05, 4.69) is 0 Å². The minimum absolute atomic E-state index is 0.0464. The molecule has 1 aliphatic heterocycles. The van der Waals surface area contributed by atoms with Gasteiger partial charge in [-0.2, -0.15) is 0 Å². The molecule has 1 saturated heterocycles. The van der Waals surface area contributed by atoms with E-state index in [-0.39, 0.29) is 17.8 Å². The van der Waals surface area contributed by atoms with Crippen molar-refractivity contribution in [3.63, 3.8) is 0 Å². The third kappa shape index (κ3) is 4.23. The van der Waals surface area contributed by atoms with Crippen LogP contribution in [0.1, 0.15) is 31.1 Å². The highest BCUT2D eigenvalue weighted by Gasteiger charge is 2.29. The molecule has 0 N–H and O–H groups in total. The first-order valence-electron chi connectivity index (χ1n) is 8.95. The third-order valence-electron chi connectivity index (χ3n) is 4.55. The Balaban J connectivity index is 1.76. The van der Waals surface area contributed by atoms with Crippen LogP contribution in [0.5, 0.6) is 0 Å². The van der Waals surface area contributed by atoms with E-state index >= 15 is 0 Å². The SMILES string of the molecule is CCOC(=O)C1CCN(C(=O)/C(=C/c2ccco2)c2ccccc2)CC1. The second kappa shape index (κ2) is 8.52. The number of esters is 1. The monoisotopic (exact) mass is 353 g/mol. The van der Waals surface area contributed by atoms with Crippen molar-refractivity contribution < 1.29 is 18.7 Å². The molecule has 0 aliphatic carbocycles. The maximum absolute atomic E-state index is 13.1. The van der Waals surface area contributed by atoms with Crippen LogP contribution >= 0.6 is 0 Å². The molecule has 1 fully saturated rings. The molecule has 2 aromatic rings. The summed E-state index contributed by atoms with van der Waals surface area (Å²) in [6.45, 7) is 3.29. The van der Waals surface area contributed by atoms with Crippen molar-refractivity contribution in [1.82, 2.24) is 4.90 Å². The Labute approximate surface area is 153 Å². The standard InChI is InChI=1S/C21H23NO4/c1-2-25-21(24)17-10-12-22(13-11-17)20(23)19(15-18-9-6-14-26-18)16-7-4-3-5-8-16/h3-9,14-15,17H,2,10-13H2,1H3/b19-15+. The van der Waals surface area contributed by atoms with Crippen LogP contribution in [0.25, 0.3) is 11.6 Å². The summed E-state index contributed by atoms with van der Waals surface area (Å²) in [6.07, 6.45) is 4.62. The molecule has 1 aliphatic rings. The highest BCUT2D eigenvalue weighted by Crippen LogP contribution is 2.25. The fourth-order valence-corrected chi connectivity index (χ4v) is 3.15. The molecule has 5 nitrogen and oxygen atoms in total. The van der Waals surface area contributed by atoms with Crippen LogP contribution in [0.2, 0.25) is 0 Å². The molecule has 3 rings (SSSR count). The van der Waals surface area contributed by atoms with E-state index in [1.54, 1.807) is 23.3 Å². The van der Waals surface area contributed by atoms with Gasteiger partial charge in [0.2, 0.25) is 0 Å². The molecular weight excluding hydrogens is 330 g/mol. The fraction of sp³-hybridized carbons (Fsp3) is 0.333. The number of carbonyl (C=O) groups excluding carboxylic acids is 2. The second-order valence-corrected chi connectivity index (χ2v) is 6.26. The summed E-state index contributed by atoms with van der Waals surface area (Å²) in [6, 6.07) is 13.2. The summed E-state index contributed by atoms with van der Waals surface area (Å²) >= 11 is 0. The van der Waals surface area contributed by atoms with Gasteiger partial charge in [-0.25, -0.2) is 0 Å². The summed E-state index contributed by atoms with van der Waals surface area (Å²) in [5.41, 5.74) is 1.44. The van der Waals surface area contributed by atoms with Crippen LogP contribution in [0, 0.1) is 5.92 Å². The van der Waals surface area contributed by atoms with E-state index < -0.39 is 0 Å². The van der Waals surface area contributed by atoms with Gasteiger partial charge < -0.3 is 14.1 Å². The van der Waals surface area contributed by atoms with E-state index in [1.807, 2.05) is 43.3 Å². The Kier molecular flexibility index (Phi) is 5.89. The lowest BCUT2D eigenvalue weighted by Gasteiger charge is -2.31. The molecule has 1 amide bonds. The fourth-order valence-electron chi connectivity index (χ4n) is 3.15. The summed E-state index contributed by atoms with van der Waals surface area (Å²) in [7, 11) is 0. The predicted octanol–water partition coefficient (Wildman–Crippen LogP) is 3.62. The number of ether oxygens (including phenoxy) is 1. The smallest absolute Gasteiger partial charge is 0.309 e. The molecule has 0 bridgehead atoms. The van der Waals surface area contributed by atoms with Gasteiger partial charge in [-0.15, -0.1) is 0 Å². The number of piperidine rings is 1. The zero-order valence-corrected chi connectivity index (χ0v) is 14.9. The molecule has 0 radical (unpaired) electrons. The Morgan fingerprint density at radius 1 is 1.15 bits per heavy atom. The average Bonchev–Trinajstić information content (AvgIpc) is 3.20. The van der Waals surface area contributed by atoms with Gasteiger partial charge in [-0.3, -0.25) is 9.59 Å². The molecule has 0 atom stereocenters. The van der Waals surface area contributed by atoms with Crippen molar-refractivity contribution in [2.75, 3.05) is 19.7 Å².